The molecule has 0 aliphatic rings. The standard InChI is InChI=1S/C6H10O4S.Sn/c7-5(8)1-3-11-4-2-6(9)10;/h1-4H2,(H,7,8)(H,9,10);. The number of carboxylic acids is 2. The second-order valence-corrected chi connectivity index (χ2v) is 3.12. The first-order valence-electron chi connectivity index (χ1n) is 3.14. The molecule has 0 aromatic heterocycles. The van der Waals surface area contributed by atoms with E-state index in [2.05, 4.69) is 0 Å². The minimum Gasteiger partial charge on any atom is -0.481 e. The van der Waals surface area contributed by atoms with Crippen LogP contribution in [-0.2, 0) is 9.59 Å². The van der Waals surface area contributed by atoms with Crippen LogP contribution in [0.4, 0.5) is 0 Å². The topological polar surface area (TPSA) is 74.6 Å². The van der Waals surface area contributed by atoms with Gasteiger partial charge in [-0.05, 0) is 0 Å². The number of carbonyl (C=O) groups is 2. The molecule has 68 valence electrons. The maximum Gasteiger partial charge on any atom is 0.304 e. The zero-order valence-electron chi connectivity index (χ0n) is 6.45. The van der Waals surface area contributed by atoms with Crippen molar-refractivity contribution in [1.82, 2.24) is 0 Å². The largest absolute Gasteiger partial charge is 0.481 e. The minimum absolute atomic E-state index is 0. The molecule has 0 unspecified atom stereocenters. The molecular formula is C6H10O4SSn. The molecule has 6 heteroatoms. The molecule has 0 rings (SSSR count). The maximum absolute atomic E-state index is 9.97. The van der Waals surface area contributed by atoms with Gasteiger partial charge >= 0.3 is 11.9 Å². The molecular weight excluding hydrogens is 287 g/mol. The van der Waals surface area contributed by atoms with E-state index in [-0.39, 0.29) is 36.7 Å². The Morgan fingerprint density at radius 3 is 1.58 bits per heavy atom. The van der Waals surface area contributed by atoms with E-state index in [4.69, 9.17) is 10.2 Å². The van der Waals surface area contributed by atoms with Gasteiger partial charge in [-0.2, -0.15) is 11.8 Å². The predicted molar refractivity (Wildman–Crippen MR) is 47.6 cm³/mol. The molecule has 4 nitrogen and oxygen atoms in total. The Morgan fingerprint density at radius 1 is 1.00 bits per heavy atom. The van der Waals surface area contributed by atoms with E-state index in [0.717, 1.165) is 0 Å². The summed E-state index contributed by atoms with van der Waals surface area (Å²) in [4.78, 5) is 19.9. The molecule has 0 fully saturated rings. The van der Waals surface area contributed by atoms with E-state index < -0.39 is 11.9 Å². The van der Waals surface area contributed by atoms with Gasteiger partial charge in [-0.15, -0.1) is 0 Å². The fourth-order valence-electron chi connectivity index (χ4n) is 0.421. The van der Waals surface area contributed by atoms with Crippen molar-refractivity contribution in [1.29, 1.82) is 0 Å². The van der Waals surface area contributed by atoms with E-state index >= 15 is 0 Å². The number of thioether (sulfide) groups is 1. The average Bonchev–Trinajstić information content (AvgIpc) is 1.85. The molecule has 0 aliphatic carbocycles. The fourth-order valence-corrected chi connectivity index (χ4v) is 1.26. The third-order valence-corrected chi connectivity index (χ3v) is 1.91. The van der Waals surface area contributed by atoms with E-state index in [9.17, 15) is 9.59 Å². The maximum atomic E-state index is 9.97. The molecule has 2 N–H and O–H groups in total. The van der Waals surface area contributed by atoms with Gasteiger partial charge in [-0.25, -0.2) is 0 Å². The van der Waals surface area contributed by atoms with Crippen molar-refractivity contribution >= 4 is 47.6 Å². The van der Waals surface area contributed by atoms with E-state index in [1.54, 1.807) is 0 Å². The second kappa shape index (κ2) is 9.18. The van der Waals surface area contributed by atoms with Crippen LogP contribution in [0.5, 0.6) is 0 Å². The van der Waals surface area contributed by atoms with Crippen LogP contribution < -0.4 is 0 Å². The van der Waals surface area contributed by atoms with Crippen molar-refractivity contribution in [2.24, 2.45) is 0 Å². The van der Waals surface area contributed by atoms with Gasteiger partial charge in [0.25, 0.3) is 0 Å². The Hall–Kier alpha value is 0.0887. The Balaban J connectivity index is 0. The van der Waals surface area contributed by atoms with Crippen LogP contribution in [0.25, 0.3) is 0 Å². The zero-order chi connectivity index (χ0) is 8.69. The van der Waals surface area contributed by atoms with Gasteiger partial charge in [0.15, 0.2) is 0 Å². The summed E-state index contributed by atoms with van der Waals surface area (Å²) in [6.07, 6.45) is 0.203. The summed E-state index contributed by atoms with van der Waals surface area (Å²) in [5, 5.41) is 16.4. The summed E-state index contributed by atoms with van der Waals surface area (Å²) in [5.74, 6) is -0.703. The van der Waals surface area contributed by atoms with E-state index in [0.29, 0.717) is 11.5 Å². The monoisotopic (exact) mass is 298 g/mol. The third kappa shape index (κ3) is 12.7. The minimum atomic E-state index is -0.840. The van der Waals surface area contributed by atoms with Crippen LogP contribution in [-0.4, -0.2) is 57.6 Å². The van der Waals surface area contributed by atoms with Gasteiger partial charge in [0.05, 0.1) is 12.8 Å². The van der Waals surface area contributed by atoms with Gasteiger partial charge in [-0.3, -0.25) is 9.59 Å². The first-order valence-corrected chi connectivity index (χ1v) is 4.29. The molecule has 0 atom stereocenters. The number of hydrogen-bond acceptors (Lipinski definition) is 3. The van der Waals surface area contributed by atoms with Gasteiger partial charge in [0.1, 0.15) is 0 Å². The summed E-state index contributed by atoms with van der Waals surface area (Å²) < 4.78 is 0. The fraction of sp³-hybridized carbons (Fsp3) is 0.667. The van der Waals surface area contributed by atoms with Crippen LogP contribution >= 0.6 is 11.8 Å². The summed E-state index contributed by atoms with van der Waals surface area (Å²) in [7, 11) is 0. The van der Waals surface area contributed by atoms with Crippen molar-refractivity contribution in [3.8, 4) is 0 Å². The van der Waals surface area contributed by atoms with Crippen molar-refractivity contribution in [2.45, 2.75) is 12.8 Å². The van der Waals surface area contributed by atoms with Crippen LogP contribution in [0, 0.1) is 0 Å². The Labute approximate surface area is 91.7 Å². The summed E-state index contributed by atoms with van der Waals surface area (Å²) >= 11 is 1.35. The normalized spacial score (nSPS) is 8.67. The van der Waals surface area contributed by atoms with Crippen molar-refractivity contribution in [3.05, 3.63) is 0 Å². The molecule has 0 spiro atoms. The van der Waals surface area contributed by atoms with Crippen molar-refractivity contribution in [3.63, 3.8) is 0 Å². The van der Waals surface area contributed by atoms with Gasteiger partial charge < -0.3 is 10.2 Å². The van der Waals surface area contributed by atoms with Gasteiger partial charge in [0.2, 0.25) is 0 Å². The Morgan fingerprint density at radius 2 is 1.33 bits per heavy atom. The predicted octanol–water partition coefficient (Wildman–Crippen LogP) is 0.288. The van der Waals surface area contributed by atoms with E-state index in [1.165, 1.54) is 11.8 Å². The van der Waals surface area contributed by atoms with Crippen LogP contribution in [0.1, 0.15) is 12.8 Å². The second-order valence-electron chi connectivity index (χ2n) is 1.90. The van der Waals surface area contributed by atoms with Crippen LogP contribution in [0.15, 0.2) is 0 Å². The number of carboxylic acid groups (broad SMARTS) is 2. The molecule has 0 aromatic carbocycles. The third-order valence-electron chi connectivity index (χ3n) is 0.921. The molecule has 0 heterocycles. The van der Waals surface area contributed by atoms with Gasteiger partial charge in [-0.1, -0.05) is 0 Å². The molecule has 0 saturated carbocycles. The summed E-state index contributed by atoms with van der Waals surface area (Å²) in [6.45, 7) is 0. The Bertz CT molecular complexity index is 134. The molecule has 0 amide bonds. The van der Waals surface area contributed by atoms with Gasteiger partial charge in [0, 0.05) is 35.4 Å². The molecule has 0 saturated heterocycles. The quantitative estimate of drug-likeness (QED) is 0.544. The molecule has 0 bridgehead atoms. The van der Waals surface area contributed by atoms with Crippen LogP contribution in [0.2, 0.25) is 0 Å². The van der Waals surface area contributed by atoms with Crippen molar-refractivity contribution < 1.29 is 19.8 Å². The SMILES string of the molecule is O=C(O)CCSCCC(=O)O.[Sn]. The van der Waals surface area contributed by atoms with Crippen molar-refractivity contribution in [2.75, 3.05) is 11.5 Å². The summed E-state index contributed by atoms with van der Waals surface area (Å²) in [5.41, 5.74) is 0. The number of aliphatic carboxylic acids is 2. The first-order chi connectivity index (χ1) is 5.13. The number of rotatable bonds is 6. The molecule has 0 aliphatic heterocycles. The molecule has 0 aromatic rings. The molecule has 4 radical (unpaired) electrons. The zero-order valence-corrected chi connectivity index (χ0v) is 10.1. The van der Waals surface area contributed by atoms with Crippen LogP contribution in [0.3, 0.4) is 0 Å². The molecule has 12 heavy (non-hydrogen) atoms. The Kier molecular flexibility index (Phi) is 11.2. The number of hydrogen-bond donors (Lipinski definition) is 2. The first kappa shape index (κ1) is 14.6. The summed E-state index contributed by atoms with van der Waals surface area (Å²) in [6, 6.07) is 0. The smallest absolute Gasteiger partial charge is 0.304 e. The van der Waals surface area contributed by atoms with E-state index in [1.807, 2.05) is 0 Å². The average molecular weight is 297 g/mol.